The Kier molecular flexibility index (Phi) is 11.3. The molecule has 0 unspecified atom stereocenters. The number of hydrogen-bond donors (Lipinski definition) is 2. The molecule has 9 heteroatoms. The highest BCUT2D eigenvalue weighted by molar-refractivity contribution is 14.0. The predicted octanol–water partition coefficient (Wildman–Crippen LogP) is 1.96. The van der Waals surface area contributed by atoms with Gasteiger partial charge in [-0.1, -0.05) is 19.1 Å². The summed E-state index contributed by atoms with van der Waals surface area (Å²) in [5.74, 6) is 1.78. The Morgan fingerprint density at radius 3 is 2.72 bits per heavy atom. The van der Waals surface area contributed by atoms with Gasteiger partial charge < -0.3 is 20.1 Å². The van der Waals surface area contributed by atoms with E-state index in [1.807, 2.05) is 35.8 Å². The van der Waals surface area contributed by atoms with Crippen molar-refractivity contribution in [2.24, 2.45) is 4.99 Å². The normalized spacial score (nSPS) is 11.0. The molecular formula is C20H32IN7O. The summed E-state index contributed by atoms with van der Waals surface area (Å²) in [6.07, 6.45) is 3.40. The Morgan fingerprint density at radius 1 is 1.24 bits per heavy atom. The average Bonchev–Trinajstić information content (AvgIpc) is 3.15. The number of halogens is 1. The van der Waals surface area contributed by atoms with Gasteiger partial charge >= 0.3 is 0 Å². The van der Waals surface area contributed by atoms with Gasteiger partial charge in [0, 0.05) is 52.3 Å². The highest BCUT2D eigenvalue weighted by Gasteiger charge is 2.08. The zero-order chi connectivity index (χ0) is 20.4. The van der Waals surface area contributed by atoms with E-state index in [0.29, 0.717) is 12.1 Å². The van der Waals surface area contributed by atoms with E-state index >= 15 is 0 Å². The number of aliphatic imine (C=N–C) groups is 1. The summed E-state index contributed by atoms with van der Waals surface area (Å²) < 4.78 is 2.05. The van der Waals surface area contributed by atoms with Crippen LogP contribution in [0.15, 0.2) is 35.6 Å². The lowest BCUT2D eigenvalue weighted by molar-refractivity contribution is 0.0827. The highest BCUT2D eigenvalue weighted by atomic mass is 127. The minimum Gasteiger partial charge on any atom is -0.357 e. The molecule has 2 aromatic rings. The number of hydrogen-bond acceptors (Lipinski definition) is 4. The maximum Gasteiger partial charge on any atom is 0.253 e. The Bertz CT molecular complexity index is 789. The second-order valence-corrected chi connectivity index (χ2v) is 6.63. The number of nitrogens with zero attached hydrogens (tertiary/aromatic N) is 5. The molecule has 2 rings (SSSR count). The number of rotatable bonds is 9. The summed E-state index contributed by atoms with van der Waals surface area (Å²) in [5.41, 5.74) is 1.81. The second kappa shape index (κ2) is 13.1. The van der Waals surface area contributed by atoms with Crippen molar-refractivity contribution in [3.8, 4) is 0 Å². The van der Waals surface area contributed by atoms with Crippen molar-refractivity contribution < 1.29 is 4.79 Å². The van der Waals surface area contributed by atoms with Crippen LogP contribution in [0.4, 0.5) is 0 Å². The van der Waals surface area contributed by atoms with Crippen molar-refractivity contribution in [1.82, 2.24) is 30.3 Å². The van der Waals surface area contributed by atoms with Gasteiger partial charge in [-0.25, -0.2) is 0 Å². The number of aromatic nitrogens is 3. The van der Waals surface area contributed by atoms with E-state index in [0.717, 1.165) is 49.8 Å². The quantitative estimate of drug-likeness (QED) is 0.304. The largest absolute Gasteiger partial charge is 0.357 e. The van der Waals surface area contributed by atoms with Crippen LogP contribution in [0.5, 0.6) is 0 Å². The highest BCUT2D eigenvalue weighted by Crippen LogP contribution is 2.08. The van der Waals surface area contributed by atoms with Crippen LogP contribution in [-0.4, -0.2) is 65.3 Å². The third-order valence-corrected chi connectivity index (χ3v) is 4.25. The van der Waals surface area contributed by atoms with Crippen LogP contribution in [-0.2, 0) is 19.4 Å². The van der Waals surface area contributed by atoms with Crippen LogP contribution in [0.2, 0.25) is 0 Å². The van der Waals surface area contributed by atoms with Crippen LogP contribution in [0.3, 0.4) is 0 Å². The zero-order valence-electron chi connectivity index (χ0n) is 17.7. The molecule has 0 fully saturated rings. The first-order valence-electron chi connectivity index (χ1n) is 9.74. The summed E-state index contributed by atoms with van der Waals surface area (Å²) in [5, 5.41) is 14.6. The monoisotopic (exact) mass is 513 g/mol. The molecule has 0 bridgehead atoms. The molecule has 29 heavy (non-hydrogen) atoms. The molecule has 0 spiro atoms. The van der Waals surface area contributed by atoms with Crippen molar-refractivity contribution in [2.45, 2.75) is 33.2 Å². The fourth-order valence-corrected chi connectivity index (χ4v) is 2.79. The minimum absolute atomic E-state index is 0. The third-order valence-electron chi connectivity index (χ3n) is 4.25. The maximum absolute atomic E-state index is 12.1. The first-order chi connectivity index (χ1) is 13.5. The Morgan fingerprint density at radius 2 is 2.03 bits per heavy atom. The minimum atomic E-state index is 0. The van der Waals surface area contributed by atoms with Crippen LogP contribution in [0.25, 0.3) is 0 Å². The smallest absolute Gasteiger partial charge is 0.253 e. The summed E-state index contributed by atoms with van der Waals surface area (Å²) in [6.45, 7) is 7.08. The lowest BCUT2D eigenvalue weighted by Crippen LogP contribution is -2.39. The third kappa shape index (κ3) is 8.00. The Hall–Kier alpha value is -2.17. The lowest BCUT2D eigenvalue weighted by atomic mass is 10.1. The van der Waals surface area contributed by atoms with E-state index in [2.05, 4.69) is 32.7 Å². The summed E-state index contributed by atoms with van der Waals surface area (Å²) in [6, 6.07) is 7.73. The molecule has 0 aliphatic rings. The maximum atomic E-state index is 12.1. The fraction of sp³-hybridized carbons (Fsp3) is 0.500. The van der Waals surface area contributed by atoms with Crippen LogP contribution in [0.1, 0.15) is 35.6 Å². The van der Waals surface area contributed by atoms with E-state index in [-0.39, 0.29) is 29.9 Å². The van der Waals surface area contributed by atoms with E-state index in [9.17, 15) is 4.79 Å². The molecule has 1 heterocycles. The predicted molar refractivity (Wildman–Crippen MR) is 127 cm³/mol. The first-order valence-corrected chi connectivity index (χ1v) is 9.74. The van der Waals surface area contributed by atoms with Gasteiger partial charge in [0.2, 0.25) is 0 Å². The van der Waals surface area contributed by atoms with Crippen molar-refractivity contribution in [1.29, 1.82) is 0 Å². The number of carbonyl (C=O) groups is 1. The van der Waals surface area contributed by atoms with Crippen molar-refractivity contribution in [3.63, 3.8) is 0 Å². The summed E-state index contributed by atoms with van der Waals surface area (Å²) in [7, 11) is 3.52. The molecule has 0 aliphatic heterocycles. The molecule has 1 aromatic carbocycles. The van der Waals surface area contributed by atoms with Crippen LogP contribution in [0, 0.1) is 0 Å². The Labute approximate surface area is 190 Å². The number of benzene rings is 1. The number of aryl methyl sites for hydroxylation is 1. The molecule has 0 saturated heterocycles. The number of amides is 1. The number of guanidine groups is 1. The molecular weight excluding hydrogens is 481 g/mol. The molecule has 8 nitrogen and oxygen atoms in total. The van der Waals surface area contributed by atoms with Gasteiger partial charge in [0.25, 0.3) is 5.91 Å². The van der Waals surface area contributed by atoms with E-state index in [1.54, 1.807) is 25.3 Å². The van der Waals surface area contributed by atoms with Gasteiger partial charge in [-0.3, -0.25) is 9.79 Å². The van der Waals surface area contributed by atoms with Gasteiger partial charge in [-0.2, -0.15) is 0 Å². The standard InChI is InChI=1S/C20H31N7O.HI/c1-5-18-25-24-15-27(18)13-12-23-20(21-6-2)22-11-10-16-8-7-9-17(14-16)19(28)26(3)4;/h7-9,14-15H,5-6,10-13H2,1-4H3,(H2,21,22,23);1H. The van der Waals surface area contributed by atoms with Gasteiger partial charge in [0.05, 0.1) is 0 Å². The summed E-state index contributed by atoms with van der Waals surface area (Å²) in [4.78, 5) is 18.3. The molecule has 0 radical (unpaired) electrons. The summed E-state index contributed by atoms with van der Waals surface area (Å²) >= 11 is 0. The lowest BCUT2D eigenvalue weighted by Gasteiger charge is -2.13. The van der Waals surface area contributed by atoms with Crippen LogP contribution < -0.4 is 10.6 Å². The average molecular weight is 513 g/mol. The first kappa shape index (κ1) is 24.9. The number of nitrogens with one attached hydrogen (secondary N) is 2. The Balaban J connectivity index is 0.00000420. The molecule has 160 valence electrons. The van der Waals surface area contributed by atoms with Crippen molar-refractivity contribution in [3.05, 3.63) is 47.5 Å². The molecule has 2 N–H and O–H groups in total. The van der Waals surface area contributed by atoms with E-state index in [4.69, 9.17) is 0 Å². The number of carbonyl (C=O) groups excluding carboxylic acids is 1. The van der Waals surface area contributed by atoms with Gasteiger partial charge in [-0.05, 0) is 31.0 Å². The van der Waals surface area contributed by atoms with Gasteiger partial charge in [-0.15, -0.1) is 34.2 Å². The van der Waals surface area contributed by atoms with E-state index in [1.165, 1.54) is 0 Å². The molecule has 0 atom stereocenters. The molecule has 0 saturated carbocycles. The zero-order valence-corrected chi connectivity index (χ0v) is 20.0. The SMILES string of the molecule is CCNC(=NCCc1cccc(C(=O)N(C)C)c1)NCCn1cnnc1CC.I. The fourth-order valence-electron chi connectivity index (χ4n) is 2.79. The van der Waals surface area contributed by atoms with Gasteiger partial charge in [0.15, 0.2) is 5.96 Å². The molecule has 1 aromatic heterocycles. The molecule has 1 amide bonds. The second-order valence-electron chi connectivity index (χ2n) is 6.63. The van der Waals surface area contributed by atoms with E-state index < -0.39 is 0 Å². The topological polar surface area (TPSA) is 87.4 Å². The van der Waals surface area contributed by atoms with Crippen molar-refractivity contribution >= 4 is 35.8 Å². The molecule has 0 aliphatic carbocycles. The van der Waals surface area contributed by atoms with Crippen LogP contribution >= 0.6 is 24.0 Å². The van der Waals surface area contributed by atoms with Gasteiger partial charge in [0.1, 0.15) is 12.2 Å². The van der Waals surface area contributed by atoms with Crippen molar-refractivity contribution in [2.75, 3.05) is 33.7 Å².